The highest BCUT2D eigenvalue weighted by Crippen LogP contribution is 2.31. The molecule has 3 heteroatoms. The zero-order valence-corrected chi connectivity index (χ0v) is 12.9. The molecule has 0 saturated carbocycles. The molecule has 0 aliphatic heterocycles. The lowest BCUT2D eigenvalue weighted by Crippen LogP contribution is -2.27. The summed E-state index contributed by atoms with van der Waals surface area (Å²) in [5, 5.41) is 3.54. The average molecular weight is 286 g/mol. The Labute approximate surface area is 126 Å². The quantitative estimate of drug-likeness (QED) is 0.852. The van der Waals surface area contributed by atoms with Crippen LogP contribution in [0.4, 0.5) is 4.39 Å². The molecule has 1 N–H and O–H groups in total. The molecule has 0 aliphatic rings. The van der Waals surface area contributed by atoms with Gasteiger partial charge in [-0.05, 0) is 54.8 Å². The number of hydrogen-bond acceptors (Lipinski definition) is 2. The van der Waals surface area contributed by atoms with Gasteiger partial charge in [-0.3, -0.25) is 4.98 Å². The van der Waals surface area contributed by atoms with Gasteiger partial charge < -0.3 is 5.32 Å². The van der Waals surface area contributed by atoms with Crippen molar-refractivity contribution in [1.82, 2.24) is 10.3 Å². The molecule has 0 fully saturated rings. The highest BCUT2D eigenvalue weighted by molar-refractivity contribution is 5.29. The number of benzene rings is 1. The summed E-state index contributed by atoms with van der Waals surface area (Å²) in [6, 6.07) is 9.67. The molecule has 2 atom stereocenters. The number of nitrogens with one attached hydrogen (secondary N) is 1. The maximum Gasteiger partial charge on any atom is 0.126 e. The van der Waals surface area contributed by atoms with Crippen LogP contribution in [0, 0.1) is 12.7 Å². The minimum Gasteiger partial charge on any atom is -0.309 e. The van der Waals surface area contributed by atoms with E-state index in [-0.39, 0.29) is 17.8 Å². The van der Waals surface area contributed by atoms with Gasteiger partial charge in [0.2, 0.25) is 0 Å². The molecule has 2 nitrogen and oxygen atoms in total. The van der Waals surface area contributed by atoms with Crippen LogP contribution in [-0.2, 0) is 0 Å². The normalized spacial score (nSPS) is 13.9. The van der Waals surface area contributed by atoms with Crippen LogP contribution in [-0.4, -0.2) is 11.5 Å². The standard InChI is InChI=1S/C18H23FN2/c1-4-9-21-18(14(3)15-7-10-20-11-8-15)16-6-5-13(2)17(19)12-16/h5-8,10-12,14,18,21H,4,9H2,1-3H3. The van der Waals surface area contributed by atoms with E-state index in [0.717, 1.165) is 18.5 Å². The molecule has 0 bridgehead atoms. The van der Waals surface area contributed by atoms with E-state index in [4.69, 9.17) is 0 Å². The second kappa shape index (κ2) is 7.32. The molecule has 2 unspecified atom stereocenters. The maximum atomic E-state index is 13.9. The summed E-state index contributed by atoms with van der Waals surface area (Å²) in [7, 11) is 0. The SMILES string of the molecule is CCCNC(c1ccc(C)c(F)c1)C(C)c1ccncc1. The number of rotatable bonds is 6. The van der Waals surface area contributed by atoms with Gasteiger partial charge in [-0.15, -0.1) is 0 Å². The summed E-state index contributed by atoms with van der Waals surface area (Å²) in [5.74, 6) is 0.111. The highest BCUT2D eigenvalue weighted by atomic mass is 19.1. The molecule has 21 heavy (non-hydrogen) atoms. The van der Waals surface area contributed by atoms with Gasteiger partial charge in [-0.1, -0.05) is 26.0 Å². The van der Waals surface area contributed by atoms with Gasteiger partial charge in [-0.25, -0.2) is 4.39 Å². The molecule has 0 aliphatic carbocycles. The number of nitrogens with zero attached hydrogens (tertiary/aromatic N) is 1. The van der Waals surface area contributed by atoms with Crippen LogP contribution in [0.3, 0.4) is 0 Å². The average Bonchev–Trinajstić information content (AvgIpc) is 2.51. The molecular formula is C18H23FN2. The summed E-state index contributed by atoms with van der Waals surface area (Å²) < 4.78 is 13.9. The van der Waals surface area contributed by atoms with Crippen LogP contribution in [0.1, 0.15) is 48.9 Å². The van der Waals surface area contributed by atoms with Gasteiger partial charge >= 0.3 is 0 Å². The van der Waals surface area contributed by atoms with Crippen LogP contribution in [0.5, 0.6) is 0 Å². The van der Waals surface area contributed by atoms with Crippen molar-refractivity contribution in [2.75, 3.05) is 6.54 Å². The van der Waals surface area contributed by atoms with Crippen LogP contribution in [0.15, 0.2) is 42.7 Å². The van der Waals surface area contributed by atoms with Crippen LogP contribution >= 0.6 is 0 Å². The minimum atomic E-state index is -0.141. The number of aryl methyl sites for hydroxylation is 1. The fraction of sp³-hybridized carbons (Fsp3) is 0.389. The second-order valence-electron chi connectivity index (χ2n) is 5.51. The lowest BCUT2D eigenvalue weighted by Gasteiger charge is -2.26. The predicted octanol–water partition coefficient (Wildman–Crippen LogP) is 4.37. The lowest BCUT2D eigenvalue weighted by molar-refractivity contribution is 0.463. The molecule has 0 saturated heterocycles. The van der Waals surface area contributed by atoms with Crippen molar-refractivity contribution < 1.29 is 4.39 Å². The van der Waals surface area contributed by atoms with Gasteiger partial charge in [0, 0.05) is 24.4 Å². The van der Waals surface area contributed by atoms with E-state index in [2.05, 4.69) is 24.1 Å². The van der Waals surface area contributed by atoms with Gasteiger partial charge in [-0.2, -0.15) is 0 Å². The molecular weight excluding hydrogens is 263 g/mol. The molecule has 0 spiro atoms. The predicted molar refractivity (Wildman–Crippen MR) is 84.8 cm³/mol. The van der Waals surface area contributed by atoms with Crippen molar-refractivity contribution in [3.8, 4) is 0 Å². The molecule has 112 valence electrons. The Morgan fingerprint density at radius 2 is 1.86 bits per heavy atom. The molecule has 0 amide bonds. The first-order valence-electron chi connectivity index (χ1n) is 7.52. The molecule has 2 rings (SSSR count). The van der Waals surface area contributed by atoms with Crippen molar-refractivity contribution >= 4 is 0 Å². The van der Waals surface area contributed by atoms with Crippen LogP contribution in [0.25, 0.3) is 0 Å². The van der Waals surface area contributed by atoms with Gasteiger partial charge in [0.05, 0.1) is 0 Å². The van der Waals surface area contributed by atoms with Gasteiger partial charge in [0.25, 0.3) is 0 Å². The summed E-state index contributed by atoms with van der Waals surface area (Å²) in [4.78, 5) is 4.07. The first-order chi connectivity index (χ1) is 10.1. The Bertz CT molecular complexity index is 569. The van der Waals surface area contributed by atoms with E-state index < -0.39 is 0 Å². The Morgan fingerprint density at radius 3 is 2.48 bits per heavy atom. The summed E-state index contributed by atoms with van der Waals surface area (Å²) in [5.41, 5.74) is 2.89. The zero-order valence-electron chi connectivity index (χ0n) is 12.9. The third kappa shape index (κ3) is 3.88. The fourth-order valence-electron chi connectivity index (χ4n) is 2.55. The second-order valence-corrected chi connectivity index (χ2v) is 5.51. The highest BCUT2D eigenvalue weighted by Gasteiger charge is 2.21. The maximum absolute atomic E-state index is 13.9. The smallest absolute Gasteiger partial charge is 0.126 e. The Morgan fingerprint density at radius 1 is 1.14 bits per heavy atom. The van der Waals surface area contributed by atoms with E-state index in [9.17, 15) is 4.39 Å². The topological polar surface area (TPSA) is 24.9 Å². The third-order valence-corrected chi connectivity index (χ3v) is 3.90. The van der Waals surface area contributed by atoms with Crippen molar-refractivity contribution in [3.63, 3.8) is 0 Å². The third-order valence-electron chi connectivity index (χ3n) is 3.90. The number of aromatic nitrogens is 1. The Hall–Kier alpha value is -1.74. The van der Waals surface area contributed by atoms with Crippen LogP contribution in [0.2, 0.25) is 0 Å². The van der Waals surface area contributed by atoms with Gasteiger partial charge in [0.1, 0.15) is 5.82 Å². The first kappa shape index (κ1) is 15.6. The Balaban J connectivity index is 2.31. The van der Waals surface area contributed by atoms with E-state index in [1.807, 2.05) is 24.3 Å². The van der Waals surface area contributed by atoms with E-state index in [1.165, 1.54) is 5.56 Å². The molecule has 1 aromatic heterocycles. The summed E-state index contributed by atoms with van der Waals surface area (Å²) in [6.07, 6.45) is 4.66. The van der Waals surface area contributed by atoms with E-state index in [1.54, 1.807) is 25.4 Å². The number of pyridine rings is 1. The Kier molecular flexibility index (Phi) is 5.45. The first-order valence-corrected chi connectivity index (χ1v) is 7.52. The van der Waals surface area contributed by atoms with Gasteiger partial charge in [0.15, 0.2) is 0 Å². The van der Waals surface area contributed by atoms with Crippen LogP contribution < -0.4 is 5.32 Å². The summed E-state index contributed by atoms with van der Waals surface area (Å²) in [6.45, 7) is 7.01. The lowest BCUT2D eigenvalue weighted by atomic mass is 9.88. The monoisotopic (exact) mass is 286 g/mol. The van der Waals surface area contributed by atoms with Crippen molar-refractivity contribution in [2.45, 2.75) is 39.2 Å². The zero-order chi connectivity index (χ0) is 15.2. The van der Waals surface area contributed by atoms with Crippen molar-refractivity contribution in [1.29, 1.82) is 0 Å². The largest absolute Gasteiger partial charge is 0.309 e. The fourth-order valence-corrected chi connectivity index (χ4v) is 2.55. The number of halogens is 1. The molecule has 1 aromatic carbocycles. The van der Waals surface area contributed by atoms with Crippen molar-refractivity contribution in [3.05, 3.63) is 65.2 Å². The molecule has 2 aromatic rings. The summed E-state index contributed by atoms with van der Waals surface area (Å²) >= 11 is 0. The number of hydrogen-bond donors (Lipinski definition) is 1. The molecule has 0 radical (unpaired) electrons. The minimum absolute atomic E-state index is 0.0995. The van der Waals surface area contributed by atoms with Crippen molar-refractivity contribution in [2.24, 2.45) is 0 Å². The van der Waals surface area contributed by atoms with E-state index >= 15 is 0 Å². The molecule has 1 heterocycles. The van der Waals surface area contributed by atoms with E-state index in [0.29, 0.717) is 5.56 Å².